The SMILES string of the molecule is CCOC(=O)C(=NOS(=O)(=O)c1ccc(C)cc1)c1ccc(N(C)C)cc1. The number of carbonyl (C=O) groups excluding carboxylic acids is 1. The van der Waals surface area contributed by atoms with Gasteiger partial charge >= 0.3 is 16.1 Å². The van der Waals surface area contributed by atoms with Crippen molar-refractivity contribution in [3.05, 3.63) is 59.7 Å². The average molecular weight is 390 g/mol. The lowest BCUT2D eigenvalue weighted by atomic mass is 10.1. The second-order valence-corrected chi connectivity index (χ2v) is 7.47. The van der Waals surface area contributed by atoms with Gasteiger partial charge in [0.2, 0.25) is 0 Å². The van der Waals surface area contributed by atoms with Crippen LogP contribution in [0.2, 0.25) is 0 Å². The van der Waals surface area contributed by atoms with Crippen molar-refractivity contribution in [3.63, 3.8) is 0 Å². The minimum atomic E-state index is -4.15. The van der Waals surface area contributed by atoms with E-state index < -0.39 is 16.1 Å². The Bertz CT molecular complexity index is 918. The molecule has 0 aliphatic carbocycles. The summed E-state index contributed by atoms with van der Waals surface area (Å²) in [6, 6.07) is 13.0. The zero-order valence-corrected chi connectivity index (χ0v) is 16.5. The molecule has 0 aliphatic heterocycles. The molecule has 2 rings (SSSR count). The maximum absolute atomic E-state index is 12.3. The largest absolute Gasteiger partial charge is 0.461 e. The first-order valence-electron chi connectivity index (χ1n) is 8.28. The Morgan fingerprint density at radius 2 is 1.63 bits per heavy atom. The van der Waals surface area contributed by atoms with Gasteiger partial charge in [0.05, 0.1) is 6.61 Å². The maximum Gasteiger partial charge on any atom is 0.361 e. The Kier molecular flexibility index (Phi) is 6.57. The zero-order chi connectivity index (χ0) is 20.0. The molecule has 0 atom stereocenters. The molecular formula is C19H22N2O5S. The van der Waals surface area contributed by atoms with Crippen LogP contribution in [-0.2, 0) is 23.9 Å². The third-order valence-electron chi connectivity index (χ3n) is 3.66. The van der Waals surface area contributed by atoms with E-state index in [4.69, 9.17) is 9.02 Å². The third kappa shape index (κ3) is 5.30. The van der Waals surface area contributed by atoms with Crippen LogP contribution in [0.25, 0.3) is 0 Å². The van der Waals surface area contributed by atoms with E-state index in [0.29, 0.717) is 5.56 Å². The number of rotatable bonds is 7. The topological polar surface area (TPSA) is 85.3 Å². The van der Waals surface area contributed by atoms with Gasteiger partial charge in [0.1, 0.15) is 4.90 Å². The lowest BCUT2D eigenvalue weighted by molar-refractivity contribution is -0.135. The molecular weight excluding hydrogens is 368 g/mol. The van der Waals surface area contributed by atoms with E-state index in [1.807, 2.05) is 25.9 Å². The van der Waals surface area contributed by atoms with Crippen molar-refractivity contribution in [1.29, 1.82) is 0 Å². The summed E-state index contributed by atoms with van der Waals surface area (Å²) >= 11 is 0. The summed E-state index contributed by atoms with van der Waals surface area (Å²) in [4.78, 5) is 14.1. The maximum atomic E-state index is 12.3. The molecule has 0 radical (unpaired) electrons. The van der Waals surface area contributed by atoms with Crippen molar-refractivity contribution in [2.24, 2.45) is 5.16 Å². The van der Waals surface area contributed by atoms with Crippen molar-refractivity contribution in [3.8, 4) is 0 Å². The van der Waals surface area contributed by atoms with E-state index in [-0.39, 0.29) is 17.2 Å². The standard InChI is InChI=1S/C19H22N2O5S/c1-5-25-19(22)18(15-8-10-16(11-9-15)21(3)4)20-26-27(23,24)17-12-6-14(2)7-13-17/h6-13H,5H2,1-4H3. The van der Waals surface area contributed by atoms with E-state index in [0.717, 1.165) is 11.3 Å². The summed E-state index contributed by atoms with van der Waals surface area (Å²) in [7, 11) is -0.391. The first-order valence-corrected chi connectivity index (χ1v) is 9.68. The number of esters is 1. The fourth-order valence-electron chi connectivity index (χ4n) is 2.16. The van der Waals surface area contributed by atoms with Crippen LogP contribution in [0.15, 0.2) is 58.6 Å². The van der Waals surface area contributed by atoms with Crippen LogP contribution in [0.5, 0.6) is 0 Å². The van der Waals surface area contributed by atoms with Crippen molar-refractivity contribution in [1.82, 2.24) is 0 Å². The van der Waals surface area contributed by atoms with Crippen molar-refractivity contribution < 1.29 is 22.2 Å². The predicted molar refractivity (Wildman–Crippen MR) is 103 cm³/mol. The van der Waals surface area contributed by atoms with Crippen LogP contribution in [0.3, 0.4) is 0 Å². The molecule has 0 saturated carbocycles. The Morgan fingerprint density at radius 1 is 1.04 bits per heavy atom. The number of hydrogen-bond acceptors (Lipinski definition) is 7. The molecule has 0 fully saturated rings. The third-order valence-corrected chi connectivity index (χ3v) is 4.78. The number of oxime groups is 1. The van der Waals surface area contributed by atoms with Gasteiger partial charge < -0.3 is 9.64 Å². The van der Waals surface area contributed by atoms with E-state index in [9.17, 15) is 13.2 Å². The van der Waals surface area contributed by atoms with Gasteiger partial charge in [0, 0.05) is 25.3 Å². The molecule has 27 heavy (non-hydrogen) atoms. The van der Waals surface area contributed by atoms with Crippen LogP contribution in [0.1, 0.15) is 18.1 Å². The van der Waals surface area contributed by atoms with E-state index in [1.165, 1.54) is 12.1 Å². The molecule has 0 aliphatic rings. The lowest BCUT2D eigenvalue weighted by Gasteiger charge is -2.13. The van der Waals surface area contributed by atoms with Gasteiger partial charge in [-0.1, -0.05) is 35.0 Å². The van der Waals surface area contributed by atoms with Crippen LogP contribution >= 0.6 is 0 Å². The number of carbonyl (C=O) groups is 1. The van der Waals surface area contributed by atoms with Crippen LogP contribution < -0.4 is 4.90 Å². The predicted octanol–water partition coefficient (Wildman–Crippen LogP) is 2.73. The number of aryl methyl sites for hydroxylation is 1. The Balaban J connectivity index is 2.35. The molecule has 0 unspecified atom stereocenters. The highest BCUT2D eigenvalue weighted by molar-refractivity contribution is 7.86. The number of anilines is 1. The molecule has 2 aromatic carbocycles. The summed E-state index contributed by atoms with van der Waals surface area (Å²) in [5.41, 5.74) is 1.98. The second kappa shape index (κ2) is 8.68. The minimum absolute atomic E-state index is 0.0528. The molecule has 0 saturated heterocycles. The number of benzene rings is 2. The second-order valence-electron chi connectivity index (χ2n) is 5.94. The summed E-state index contributed by atoms with van der Waals surface area (Å²) < 4.78 is 34.4. The van der Waals surface area contributed by atoms with Gasteiger partial charge in [-0.2, -0.15) is 8.42 Å². The molecule has 0 amide bonds. The molecule has 7 nitrogen and oxygen atoms in total. The van der Waals surface area contributed by atoms with Gasteiger partial charge in [-0.15, -0.1) is 0 Å². The Morgan fingerprint density at radius 3 is 2.15 bits per heavy atom. The van der Waals surface area contributed by atoms with Crippen LogP contribution in [-0.4, -0.2) is 40.8 Å². The zero-order valence-electron chi connectivity index (χ0n) is 15.7. The highest BCUT2D eigenvalue weighted by atomic mass is 32.2. The fourth-order valence-corrected chi connectivity index (χ4v) is 2.89. The molecule has 0 spiro atoms. The normalized spacial score (nSPS) is 11.8. The molecule has 0 N–H and O–H groups in total. The first kappa shape index (κ1) is 20.4. The van der Waals surface area contributed by atoms with Crippen molar-refractivity contribution in [2.45, 2.75) is 18.7 Å². The molecule has 144 valence electrons. The number of nitrogens with zero attached hydrogens (tertiary/aromatic N) is 2. The van der Waals surface area contributed by atoms with Crippen molar-refractivity contribution >= 4 is 27.5 Å². The molecule has 0 aromatic heterocycles. The Labute approximate surface area is 159 Å². The van der Waals surface area contributed by atoms with Crippen LogP contribution in [0.4, 0.5) is 5.69 Å². The van der Waals surface area contributed by atoms with Gasteiger partial charge in [-0.05, 0) is 38.1 Å². The lowest BCUT2D eigenvalue weighted by Crippen LogP contribution is -2.20. The van der Waals surface area contributed by atoms with Gasteiger partial charge in [-0.3, -0.25) is 4.28 Å². The summed E-state index contributed by atoms with van der Waals surface area (Å²) in [6.07, 6.45) is 0. The molecule has 8 heteroatoms. The highest BCUT2D eigenvalue weighted by Gasteiger charge is 2.21. The number of ether oxygens (including phenoxy) is 1. The quantitative estimate of drug-likeness (QED) is 0.411. The highest BCUT2D eigenvalue weighted by Crippen LogP contribution is 2.16. The van der Waals surface area contributed by atoms with E-state index in [1.54, 1.807) is 43.3 Å². The molecule has 0 bridgehead atoms. The molecule has 0 heterocycles. The van der Waals surface area contributed by atoms with Crippen LogP contribution in [0, 0.1) is 6.92 Å². The molecule has 2 aromatic rings. The van der Waals surface area contributed by atoms with Crippen molar-refractivity contribution in [2.75, 3.05) is 25.6 Å². The smallest absolute Gasteiger partial charge is 0.361 e. The summed E-state index contributed by atoms with van der Waals surface area (Å²) in [5, 5.41) is 3.60. The number of hydrogen-bond donors (Lipinski definition) is 0. The van der Waals surface area contributed by atoms with E-state index in [2.05, 4.69) is 5.16 Å². The Hall–Kier alpha value is -2.87. The summed E-state index contributed by atoms with van der Waals surface area (Å²) in [6.45, 7) is 3.61. The minimum Gasteiger partial charge on any atom is -0.461 e. The average Bonchev–Trinajstić information content (AvgIpc) is 2.63. The van der Waals surface area contributed by atoms with Gasteiger partial charge in [0.25, 0.3) is 0 Å². The first-order chi connectivity index (χ1) is 12.7. The van der Waals surface area contributed by atoms with Gasteiger partial charge in [-0.25, -0.2) is 4.79 Å². The van der Waals surface area contributed by atoms with E-state index >= 15 is 0 Å². The fraction of sp³-hybridized carbons (Fsp3) is 0.263. The summed E-state index contributed by atoms with van der Waals surface area (Å²) in [5.74, 6) is -0.769. The van der Waals surface area contributed by atoms with Gasteiger partial charge in [0.15, 0.2) is 5.71 Å². The monoisotopic (exact) mass is 390 g/mol.